The van der Waals surface area contributed by atoms with E-state index in [-0.39, 0.29) is 17.9 Å². The normalized spacial score (nSPS) is 20.9. The van der Waals surface area contributed by atoms with E-state index in [0.29, 0.717) is 25.6 Å². The number of hydrogen-bond acceptors (Lipinski definition) is 5. The SMILES string of the molecule is O=C(O)NCCC[C@@H]1CCC[C@H](C(=O)N(Cc2nnnn2Cc2ccccc2)C2CCCCC2)C1. The summed E-state index contributed by atoms with van der Waals surface area (Å²) >= 11 is 0. The molecule has 0 bridgehead atoms. The van der Waals surface area contributed by atoms with Crippen molar-refractivity contribution in [3.05, 3.63) is 41.7 Å². The van der Waals surface area contributed by atoms with Crippen molar-refractivity contribution in [3.63, 3.8) is 0 Å². The highest BCUT2D eigenvalue weighted by Crippen LogP contribution is 2.35. The summed E-state index contributed by atoms with van der Waals surface area (Å²) in [6.45, 7) is 1.52. The summed E-state index contributed by atoms with van der Waals surface area (Å²) in [6, 6.07) is 10.4. The van der Waals surface area contributed by atoms with Crippen molar-refractivity contribution in [1.29, 1.82) is 0 Å². The Morgan fingerprint density at radius 3 is 2.63 bits per heavy atom. The maximum atomic E-state index is 13.9. The summed E-state index contributed by atoms with van der Waals surface area (Å²) in [7, 11) is 0. The topological polar surface area (TPSA) is 113 Å². The standard InChI is InChI=1S/C26H38N6O3/c33-25(22-13-7-11-20(17-22)12-8-16-27-26(34)35)31(23-14-5-2-6-15-23)19-24-28-29-30-32(24)18-21-9-3-1-4-10-21/h1,3-4,9-10,20,22-23,27H,2,5-8,11-19H2,(H,34,35)/t20-,22-/m0/s1. The summed E-state index contributed by atoms with van der Waals surface area (Å²) in [5.74, 6) is 1.49. The van der Waals surface area contributed by atoms with Crippen molar-refractivity contribution in [2.24, 2.45) is 11.8 Å². The molecule has 2 N–H and O–H groups in total. The van der Waals surface area contributed by atoms with E-state index in [2.05, 4.69) is 37.9 Å². The molecule has 2 aliphatic rings. The first-order valence-corrected chi connectivity index (χ1v) is 13.2. The predicted molar refractivity (Wildman–Crippen MR) is 131 cm³/mol. The van der Waals surface area contributed by atoms with Gasteiger partial charge in [-0.05, 0) is 60.4 Å². The van der Waals surface area contributed by atoms with E-state index in [9.17, 15) is 9.59 Å². The summed E-state index contributed by atoms with van der Waals surface area (Å²) in [6.07, 6.45) is 10.5. The van der Waals surface area contributed by atoms with Crippen LogP contribution in [0, 0.1) is 11.8 Å². The molecule has 9 nitrogen and oxygen atoms in total. The number of nitrogens with one attached hydrogen (secondary N) is 1. The predicted octanol–water partition coefficient (Wildman–Crippen LogP) is 4.24. The molecule has 190 valence electrons. The molecule has 1 heterocycles. The Morgan fingerprint density at radius 1 is 1.06 bits per heavy atom. The molecule has 0 spiro atoms. The molecule has 2 atom stereocenters. The highest BCUT2D eigenvalue weighted by atomic mass is 16.4. The first-order chi connectivity index (χ1) is 17.1. The Kier molecular flexibility index (Phi) is 9.08. The molecule has 1 aromatic carbocycles. The number of aromatic nitrogens is 4. The van der Waals surface area contributed by atoms with Crippen molar-refractivity contribution < 1.29 is 14.7 Å². The maximum Gasteiger partial charge on any atom is 0.404 e. The number of rotatable bonds is 10. The van der Waals surface area contributed by atoms with Gasteiger partial charge in [0.05, 0.1) is 13.1 Å². The van der Waals surface area contributed by atoms with Gasteiger partial charge in [0.2, 0.25) is 5.91 Å². The van der Waals surface area contributed by atoms with Gasteiger partial charge in [-0.15, -0.1) is 5.10 Å². The lowest BCUT2D eigenvalue weighted by Crippen LogP contribution is -2.45. The number of carbonyl (C=O) groups excluding carboxylic acids is 1. The average molecular weight is 483 g/mol. The molecule has 1 aromatic heterocycles. The molecule has 0 radical (unpaired) electrons. The van der Waals surface area contributed by atoms with Gasteiger partial charge in [0.15, 0.2) is 5.82 Å². The van der Waals surface area contributed by atoms with E-state index < -0.39 is 6.09 Å². The van der Waals surface area contributed by atoms with Crippen LogP contribution >= 0.6 is 0 Å². The highest BCUT2D eigenvalue weighted by Gasteiger charge is 2.34. The molecule has 2 fully saturated rings. The fourth-order valence-electron chi connectivity index (χ4n) is 5.75. The van der Waals surface area contributed by atoms with Gasteiger partial charge in [-0.2, -0.15) is 0 Å². The van der Waals surface area contributed by atoms with Gasteiger partial charge in [0.25, 0.3) is 0 Å². The van der Waals surface area contributed by atoms with Crippen LogP contribution in [0.2, 0.25) is 0 Å². The van der Waals surface area contributed by atoms with Crippen LogP contribution in [0.1, 0.15) is 82.0 Å². The third-order valence-electron chi connectivity index (χ3n) is 7.59. The van der Waals surface area contributed by atoms with Crippen LogP contribution in [0.5, 0.6) is 0 Å². The number of tetrazole rings is 1. The van der Waals surface area contributed by atoms with Crippen LogP contribution in [-0.2, 0) is 17.9 Å². The summed E-state index contributed by atoms with van der Waals surface area (Å²) < 4.78 is 1.82. The Bertz CT molecular complexity index is 944. The Labute approximate surface area is 207 Å². The summed E-state index contributed by atoms with van der Waals surface area (Å²) in [5.41, 5.74) is 1.13. The van der Waals surface area contributed by atoms with Crippen molar-refractivity contribution in [2.75, 3.05) is 6.54 Å². The van der Waals surface area contributed by atoms with Gasteiger partial charge in [-0.1, -0.05) is 62.4 Å². The summed E-state index contributed by atoms with van der Waals surface area (Å²) in [5, 5.41) is 23.7. The van der Waals surface area contributed by atoms with E-state index >= 15 is 0 Å². The minimum absolute atomic E-state index is 0.0292. The van der Waals surface area contributed by atoms with Crippen LogP contribution in [-0.4, -0.2) is 54.8 Å². The molecule has 4 rings (SSSR count). The van der Waals surface area contributed by atoms with E-state index in [0.717, 1.165) is 75.6 Å². The second-order valence-electron chi connectivity index (χ2n) is 10.1. The van der Waals surface area contributed by atoms with Crippen LogP contribution in [0.15, 0.2) is 30.3 Å². The van der Waals surface area contributed by atoms with Crippen molar-refractivity contribution >= 4 is 12.0 Å². The van der Waals surface area contributed by atoms with Gasteiger partial charge < -0.3 is 15.3 Å². The fraction of sp³-hybridized carbons (Fsp3) is 0.654. The minimum atomic E-state index is -0.973. The molecule has 2 amide bonds. The minimum Gasteiger partial charge on any atom is -0.465 e. The number of nitrogens with zero attached hydrogens (tertiary/aromatic N) is 5. The fourth-order valence-corrected chi connectivity index (χ4v) is 5.75. The van der Waals surface area contributed by atoms with Crippen molar-refractivity contribution in [2.45, 2.75) is 89.8 Å². The zero-order chi connectivity index (χ0) is 24.5. The highest BCUT2D eigenvalue weighted by molar-refractivity contribution is 5.79. The number of carbonyl (C=O) groups is 2. The Balaban J connectivity index is 1.43. The lowest BCUT2D eigenvalue weighted by atomic mass is 9.78. The van der Waals surface area contributed by atoms with Gasteiger partial charge in [-0.3, -0.25) is 4.79 Å². The van der Waals surface area contributed by atoms with E-state index in [1.807, 2.05) is 22.9 Å². The van der Waals surface area contributed by atoms with Crippen LogP contribution < -0.4 is 5.32 Å². The molecular weight excluding hydrogens is 444 g/mol. The molecular formula is C26H38N6O3. The lowest BCUT2D eigenvalue weighted by molar-refractivity contribution is -0.141. The average Bonchev–Trinajstić information content (AvgIpc) is 3.32. The number of amides is 2. The van der Waals surface area contributed by atoms with Crippen LogP contribution in [0.4, 0.5) is 4.79 Å². The third-order valence-corrected chi connectivity index (χ3v) is 7.59. The zero-order valence-corrected chi connectivity index (χ0v) is 20.5. The smallest absolute Gasteiger partial charge is 0.404 e. The molecule has 2 aliphatic carbocycles. The van der Waals surface area contributed by atoms with E-state index in [4.69, 9.17) is 5.11 Å². The van der Waals surface area contributed by atoms with Crippen molar-refractivity contribution in [3.8, 4) is 0 Å². The van der Waals surface area contributed by atoms with E-state index in [1.165, 1.54) is 6.42 Å². The van der Waals surface area contributed by atoms with Gasteiger partial charge in [0.1, 0.15) is 0 Å². The first-order valence-electron chi connectivity index (χ1n) is 13.2. The number of hydrogen-bond donors (Lipinski definition) is 2. The lowest BCUT2D eigenvalue weighted by Gasteiger charge is -2.38. The van der Waals surface area contributed by atoms with Gasteiger partial charge >= 0.3 is 6.09 Å². The Morgan fingerprint density at radius 2 is 1.86 bits per heavy atom. The van der Waals surface area contributed by atoms with Crippen LogP contribution in [0.3, 0.4) is 0 Å². The largest absolute Gasteiger partial charge is 0.465 e. The monoisotopic (exact) mass is 482 g/mol. The number of benzene rings is 1. The quantitative estimate of drug-likeness (QED) is 0.490. The van der Waals surface area contributed by atoms with Gasteiger partial charge in [0, 0.05) is 18.5 Å². The first kappa shape index (κ1) is 25.1. The Hall–Kier alpha value is -2.97. The second-order valence-corrected chi connectivity index (χ2v) is 10.1. The van der Waals surface area contributed by atoms with Crippen LogP contribution in [0.25, 0.3) is 0 Å². The molecule has 0 aliphatic heterocycles. The zero-order valence-electron chi connectivity index (χ0n) is 20.5. The molecule has 35 heavy (non-hydrogen) atoms. The van der Waals surface area contributed by atoms with E-state index in [1.54, 1.807) is 0 Å². The number of carboxylic acid groups (broad SMARTS) is 1. The molecule has 0 unspecified atom stereocenters. The third kappa shape index (κ3) is 7.26. The second kappa shape index (κ2) is 12.7. The van der Waals surface area contributed by atoms with Crippen molar-refractivity contribution in [1.82, 2.24) is 30.4 Å². The molecule has 0 saturated heterocycles. The molecule has 2 aromatic rings. The molecule has 9 heteroatoms. The summed E-state index contributed by atoms with van der Waals surface area (Å²) in [4.78, 5) is 26.7. The molecule has 2 saturated carbocycles. The van der Waals surface area contributed by atoms with Gasteiger partial charge in [-0.25, -0.2) is 9.48 Å². The maximum absolute atomic E-state index is 13.9.